The van der Waals surface area contributed by atoms with Crippen molar-refractivity contribution in [3.8, 4) is 6.07 Å². The number of aromatic amines is 1. The van der Waals surface area contributed by atoms with Crippen molar-refractivity contribution in [1.29, 1.82) is 10.7 Å². The van der Waals surface area contributed by atoms with Gasteiger partial charge in [-0.3, -0.25) is 15.0 Å². The van der Waals surface area contributed by atoms with Gasteiger partial charge in [-0.2, -0.15) is 10.4 Å². The zero-order chi connectivity index (χ0) is 24.2. The standard InChI is InChI=1S/C17H24N4O.C8H8N2O/c1-3-14-9-8-13(2)12-21(14)17(22)15-6-4-5-7-16(15)20-19-11-10-18;1-2-7-6(5-9)3-4-10-8(7)11/h4-7,10-11,13-14,18,20H,3,8-9,12H2,1-2H3;3-4H,2H2,1H3,(H,10,11)/b18-10?,19-11-;/t13?,14-;/m1./s1. The predicted octanol–water partition coefficient (Wildman–Crippen LogP) is 4.19. The second-order valence-corrected chi connectivity index (χ2v) is 7.97. The second kappa shape index (κ2) is 13.0. The van der Waals surface area contributed by atoms with Crippen molar-refractivity contribution in [1.82, 2.24) is 9.88 Å². The minimum absolute atomic E-state index is 0.0616. The third-order valence-corrected chi connectivity index (χ3v) is 5.70. The number of rotatable bonds is 6. The first-order valence-corrected chi connectivity index (χ1v) is 11.2. The maximum Gasteiger partial charge on any atom is 0.256 e. The van der Waals surface area contributed by atoms with Crippen molar-refractivity contribution >= 4 is 24.0 Å². The minimum Gasteiger partial charge on any atom is -0.335 e. The number of hydrogen-bond acceptors (Lipinski definition) is 6. The number of hydrogen-bond donors (Lipinski definition) is 3. The van der Waals surface area contributed by atoms with Gasteiger partial charge in [-0.1, -0.05) is 32.9 Å². The maximum atomic E-state index is 13.0. The summed E-state index contributed by atoms with van der Waals surface area (Å²) in [6.45, 7) is 7.00. The molecule has 1 aliphatic rings. The number of para-hydroxylation sites is 1. The topological polar surface area (TPSA) is 125 Å². The Balaban J connectivity index is 0.000000294. The van der Waals surface area contributed by atoms with Gasteiger partial charge in [0.05, 0.1) is 29.1 Å². The molecule has 1 fully saturated rings. The fraction of sp³-hybridized carbons (Fsp3) is 0.400. The molecule has 1 aromatic carbocycles. The van der Waals surface area contributed by atoms with Crippen LogP contribution in [0.1, 0.15) is 61.5 Å². The Morgan fingerprint density at radius 3 is 2.73 bits per heavy atom. The number of likely N-dealkylation sites (tertiary alicyclic amines) is 1. The summed E-state index contributed by atoms with van der Waals surface area (Å²) in [6, 6.07) is 11.3. The first-order chi connectivity index (χ1) is 16.0. The lowest BCUT2D eigenvalue weighted by Gasteiger charge is -2.38. The van der Waals surface area contributed by atoms with Crippen LogP contribution in [0.3, 0.4) is 0 Å². The number of nitriles is 1. The highest BCUT2D eigenvalue weighted by Gasteiger charge is 2.30. The molecule has 2 atom stereocenters. The molecule has 174 valence electrons. The molecule has 0 aliphatic carbocycles. The van der Waals surface area contributed by atoms with Crippen LogP contribution in [0.25, 0.3) is 0 Å². The van der Waals surface area contributed by atoms with E-state index in [1.54, 1.807) is 6.07 Å². The zero-order valence-corrected chi connectivity index (χ0v) is 19.5. The van der Waals surface area contributed by atoms with E-state index in [2.05, 4.69) is 29.4 Å². The number of nitrogens with zero attached hydrogens (tertiary/aromatic N) is 3. The lowest BCUT2D eigenvalue weighted by atomic mass is 9.92. The molecule has 2 aromatic rings. The molecule has 0 spiro atoms. The summed E-state index contributed by atoms with van der Waals surface area (Å²) in [4.78, 5) is 28.5. The Morgan fingerprint density at radius 2 is 2.09 bits per heavy atom. The number of nitrogens with one attached hydrogen (secondary N) is 3. The Hall–Kier alpha value is -3.73. The van der Waals surface area contributed by atoms with E-state index in [4.69, 9.17) is 10.7 Å². The highest BCUT2D eigenvalue weighted by Crippen LogP contribution is 2.27. The molecule has 33 heavy (non-hydrogen) atoms. The van der Waals surface area contributed by atoms with Crippen LogP contribution in [0, 0.1) is 22.7 Å². The first kappa shape index (κ1) is 25.5. The molecule has 3 N–H and O–H groups in total. The Bertz CT molecular complexity index is 1070. The molecule has 1 aromatic heterocycles. The summed E-state index contributed by atoms with van der Waals surface area (Å²) in [5.41, 5.74) is 5.04. The zero-order valence-electron chi connectivity index (χ0n) is 19.5. The highest BCUT2D eigenvalue weighted by molar-refractivity contribution is 6.14. The van der Waals surface area contributed by atoms with Crippen LogP contribution >= 0.6 is 0 Å². The fourth-order valence-corrected chi connectivity index (χ4v) is 3.91. The van der Waals surface area contributed by atoms with Gasteiger partial charge < -0.3 is 15.3 Å². The molecule has 0 bridgehead atoms. The van der Waals surface area contributed by atoms with E-state index in [1.165, 1.54) is 18.8 Å². The Labute approximate surface area is 194 Å². The number of anilines is 1. The van der Waals surface area contributed by atoms with Crippen molar-refractivity contribution in [3.63, 3.8) is 0 Å². The van der Waals surface area contributed by atoms with Crippen molar-refractivity contribution in [2.24, 2.45) is 11.0 Å². The first-order valence-electron chi connectivity index (χ1n) is 11.2. The van der Waals surface area contributed by atoms with E-state index in [9.17, 15) is 9.59 Å². The van der Waals surface area contributed by atoms with E-state index >= 15 is 0 Å². The summed E-state index contributed by atoms with van der Waals surface area (Å²) in [6.07, 6.45) is 7.77. The quantitative estimate of drug-likeness (QED) is 0.452. The molecule has 8 nitrogen and oxygen atoms in total. The molecule has 2 heterocycles. The third-order valence-electron chi connectivity index (χ3n) is 5.70. The highest BCUT2D eigenvalue weighted by atomic mass is 16.2. The van der Waals surface area contributed by atoms with E-state index in [0.717, 1.165) is 25.6 Å². The van der Waals surface area contributed by atoms with Crippen molar-refractivity contribution < 1.29 is 4.79 Å². The van der Waals surface area contributed by atoms with Gasteiger partial charge in [0, 0.05) is 30.6 Å². The SMILES string of the molecule is CC[C@@H]1CCC(C)CN1C(=O)c1ccccc1N/N=C\C=N.CCc1c(C#N)cc[nH]c1=O. The van der Waals surface area contributed by atoms with Gasteiger partial charge >= 0.3 is 0 Å². The van der Waals surface area contributed by atoms with Crippen LogP contribution in [0.15, 0.2) is 46.4 Å². The number of carbonyl (C=O) groups is 1. The molecule has 0 radical (unpaired) electrons. The average molecular weight is 449 g/mol. The van der Waals surface area contributed by atoms with Crippen LogP contribution < -0.4 is 11.0 Å². The van der Waals surface area contributed by atoms with Gasteiger partial charge in [-0.05, 0) is 49.8 Å². The summed E-state index contributed by atoms with van der Waals surface area (Å²) in [5.74, 6) is 0.606. The summed E-state index contributed by atoms with van der Waals surface area (Å²) in [7, 11) is 0. The van der Waals surface area contributed by atoms with E-state index in [1.807, 2.05) is 42.2 Å². The summed E-state index contributed by atoms with van der Waals surface area (Å²) >= 11 is 0. The van der Waals surface area contributed by atoms with Crippen LogP contribution in [0.5, 0.6) is 0 Å². The van der Waals surface area contributed by atoms with Crippen LogP contribution in [0.2, 0.25) is 0 Å². The fourth-order valence-electron chi connectivity index (χ4n) is 3.91. The number of aromatic nitrogens is 1. The number of piperidine rings is 1. The maximum absolute atomic E-state index is 13.0. The smallest absolute Gasteiger partial charge is 0.256 e. The number of amides is 1. The third kappa shape index (κ3) is 6.88. The molecule has 1 saturated heterocycles. The number of H-pyrrole nitrogens is 1. The lowest BCUT2D eigenvalue weighted by molar-refractivity contribution is 0.0541. The van der Waals surface area contributed by atoms with E-state index in [0.29, 0.717) is 40.8 Å². The number of carbonyl (C=O) groups excluding carboxylic acids is 1. The van der Waals surface area contributed by atoms with Crippen LogP contribution in [0.4, 0.5) is 5.69 Å². The Kier molecular flexibility index (Phi) is 10.0. The number of hydrazone groups is 1. The van der Waals surface area contributed by atoms with Crippen LogP contribution in [-0.4, -0.2) is 40.8 Å². The van der Waals surface area contributed by atoms with Gasteiger partial charge in [-0.15, -0.1) is 0 Å². The summed E-state index contributed by atoms with van der Waals surface area (Å²) in [5, 5.41) is 19.4. The van der Waals surface area contributed by atoms with Gasteiger partial charge in [0.25, 0.3) is 11.5 Å². The van der Waals surface area contributed by atoms with Crippen molar-refractivity contribution in [2.75, 3.05) is 12.0 Å². The van der Waals surface area contributed by atoms with Crippen molar-refractivity contribution in [3.05, 3.63) is 63.6 Å². The lowest BCUT2D eigenvalue weighted by Crippen LogP contribution is -2.46. The molecule has 1 unspecified atom stereocenters. The number of benzene rings is 1. The monoisotopic (exact) mass is 448 g/mol. The van der Waals surface area contributed by atoms with Gasteiger partial charge in [0.1, 0.15) is 0 Å². The van der Waals surface area contributed by atoms with Crippen LogP contribution in [-0.2, 0) is 6.42 Å². The molecular weight excluding hydrogens is 416 g/mol. The van der Waals surface area contributed by atoms with Crippen molar-refractivity contribution in [2.45, 2.75) is 52.5 Å². The molecule has 1 amide bonds. The Morgan fingerprint density at radius 1 is 1.33 bits per heavy atom. The van der Waals surface area contributed by atoms with E-state index in [-0.39, 0.29) is 11.5 Å². The number of pyridine rings is 1. The predicted molar refractivity (Wildman–Crippen MR) is 132 cm³/mol. The van der Waals surface area contributed by atoms with Gasteiger partial charge in [0.2, 0.25) is 0 Å². The van der Waals surface area contributed by atoms with Gasteiger partial charge in [-0.25, -0.2) is 0 Å². The normalized spacial score (nSPS) is 17.6. The molecular formula is C25H32N6O2. The summed E-state index contributed by atoms with van der Waals surface area (Å²) < 4.78 is 0. The molecule has 3 rings (SSSR count). The minimum atomic E-state index is -0.161. The van der Waals surface area contributed by atoms with E-state index < -0.39 is 0 Å². The molecule has 1 aliphatic heterocycles. The largest absolute Gasteiger partial charge is 0.335 e. The average Bonchev–Trinajstić information content (AvgIpc) is 2.84. The molecule has 8 heteroatoms. The van der Waals surface area contributed by atoms with Gasteiger partial charge in [0.15, 0.2) is 0 Å². The second-order valence-electron chi connectivity index (χ2n) is 7.97. The molecule has 0 saturated carbocycles.